The van der Waals surface area contributed by atoms with Gasteiger partial charge in [0.05, 0.1) is 5.56 Å². The number of H-pyrrole nitrogens is 1. The zero-order chi connectivity index (χ0) is 24.0. The van der Waals surface area contributed by atoms with Crippen LogP contribution in [0.5, 0.6) is 0 Å². The third-order valence-corrected chi connectivity index (χ3v) is 7.92. The fourth-order valence-corrected chi connectivity index (χ4v) is 5.89. The van der Waals surface area contributed by atoms with Crippen LogP contribution in [0.3, 0.4) is 0 Å². The van der Waals surface area contributed by atoms with Gasteiger partial charge in [-0.25, -0.2) is 4.98 Å². The molecule has 1 unspecified atom stereocenters. The molecule has 2 aliphatic rings. The molecule has 174 valence electrons. The van der Waals surface area contributed by atoms with Gasteiger partial charge >= 0.3 is 0 Å². The van der Waals surface area contributed by atoms with Crippen molar-refractivity contribution in [3.63, 3.8) is 0 Å². The minimum atomic E-state index is -0.450. The minimum Gasteiger partial charge on any atom is -0.343 e. The van der Waals surface area contributed by atoms with Crippen molar-refractivity contribution in [3.8, 4) is 0 Å². The van der Waals surface area contributed by atoms with E-state index in [-0.39, 0.29) is 16.8 Å². The fourth-order valence-electron chi connectivity index (χ4n) is 4.68. The number of fused-ring (bicyclic) bond motifs is 1. The molecule has 0 radical (unpaired) electrons. The van der Waals surface area contributed by atoms with Crippen molar-refractivity contribution in [2.24, 2.45) is 5.41 Å². The zero-order valence-electron chi connectivity index (χ0n) is 18.7. The summed E-state index contributed by atoms with van der Waals surface area (Å²) in [6, 6.07) is 15.4. The summed E-state index contributed by atoms with van der Waals surface area (Å²) >= 11 is 10.9. The van der Waals surface area contributed by atoms with Gasteiger partial charge in [-0.05, 0) is 47.2 Å². The first-order valence-electron chi connectivity index (χ1n) is 11.0. The summed E-state index contributed by atoms with van der Waals surface area (Å²) in [6.07, 6.45) is 1.18. The van der Waals surface area contributed by atoms with E-state index in [1.165, 1.54) is 11.8 Å². The van der Waals surface area contributed by atoms with Crippen molar-refractivity contribution in [1.29, 1.82) is 0 Å². The summed E-state index contributed by atoms with van der Waals surface area (Å²) in [6.45, 7) is 4.19. The van der Waals surface area contributed by atoms with Gasteiger partial charge in [-0.1, -0.05) is 77.4 Å². The van der Waals surface area contributed by atoms with Crippen LogP contribution in [0.15, 0.2) is 74.2 Å². The number of halogens is 2. The molecule has 1 aromatic heterocycles. The molecule has 0 saturated carbocycles. The first kappa shape index (κ1) is 23.4. The van der Waals surface area contributed by atoms with E-state index in [2.05, 4.69) is 40.1 Å². The second-order valence-electron chi connectivity index (χ2n) is 9.49. The molecule has 1 aliphatic heterocycles. The summed E-state index contributed by atoms with van der Waals surface area (Å²) in [5, 5.41) is 4.59. The van der Waals surface area contributed by atoms with Crippen molar-refractivity contribution in [2.45, 2.75) is 43.5 Å². The molecule has 8 heteroatoms. The summed E-state index contributed by atoms with van der Waals surface area (Å²) in [7, 11) is 0. The van der Waals surface area contributed by atoms with Crippen LogP contribution in [0.4, 0.5) is 5.82 Å². The Morgan fingerprint density at radius 2 is 1.79 bits per heavy atom. The van der Waals surface area contributed by atoms with Gasteiger partial charge in [0.15, 0.2) is 10.9 Å². The third-order valence-electron chi connectivity index (χ3n) is 6.19. The molecule has 5 rings (SSSR count). The lowest BCUT2D eigenvalue weighted by Gasteiger charge is -2.38. The number of rotatable bonds is 4. The smallest absolute Gasteiger partial charge is 0.257 e. The highest BCUT2D eigenvalue weighted by Crippen LogP contribution is 2.47. The lowest BCUT2D eigenvalue weighted by Crippen LogP contribution is -2.37. The van der Waals surface area contributed by atoms with E-state index < -0.39 is 5.92 Å². The first-order valence-corrected chi connectivity index (χ1v) is 13.2. The number of ketones is 1. The molecule has 1 aliphatic carbocycles. The Kier molecular flexibility index (Phi) is 6.21. The van der Waals surface area contributed by atoms with Gasteiger partial charge in [-0.3, -0.25) is 9.59 Å². The van der Waals surface area contributed by atoms with Crippen molar-refractivity contribution < 1.29 is 4.79 Å². The minimum absolute atomic E-state index is 0.0814. The molecule has 0 bridgehead atoms. The molecule has 34 heavy (non-hydrogen) atoms. The van der Waals surface area contributed by atoms with Gasteiger partial charge in [0.2, 0.25) is 0 Å². The Morgan fingerprint density at radius 1 is 1.09 bits per heavy atom. The fraction of sp³-hybridized carbons (Fsp3) is 0.269. The quantitative estimate of drug-likeness (QED) is 0.277. The van der Waals surface area contributed by atoms with Crippen LogP contribution in [-0.4, -0.2) is 15.8 Å². The van der Waals surface area contributed by atoms with E-state index in [9.17, 15) is 9.59 Å². The molecule has 2 heterocycles. The number of nitrogens with one attached hydrogen (secondary N) is 2. The number of benzene rings is 2. The first-order chi connectivity index (χ1) is 16.2. The summed E-state index contributed by atoms with van der Waals surface area (Å²) in [5.41, 5.74) is 3.65. The molecule has 0 saturated heterocycles. The number of Topliss-reactive ketones (excluding diaryl/α,β-unsaturated/α-hetero) is 1. The number of nitrogens with zero attached hydrogens (tertiary/aromatic N) is 1. The van der Waals surface area contributed by atoms with Crippen LogP contribution in [0.1, 0.15) is 49.3 Å². The Hall–Kier alpha value is -2.35. The SMILES string of the molecule is CC1(C)CC(=O)C2=C(C1)Nc1nc(SCc3ccc(Cl)cc3)[nH]c(=O)c1C2c1ccc(Br)cc1. The van der Waals surface area contributed by atoms with E-state index in [1.807, 2.05) is 48.5 Å². The second kappa shape index (κ2) is 9.02. The number of aromatic amines is 1. The highest BCUT2D eigenvalue weighted by atomic mass is 79.9. The predicted octanol–water partition coefficient (Wildman–Crippen LogP) is 6.68. The molecule has 0 amide bonds. The van der Waals surface area contributed by atoms with Crippen LogP contribution in [0, 0.1) is 5.41 Å². The Bertz CT molecular complexity index is 1360. The summed E-state index contributed by atoms with van der Waals surface area (Å²) < 4.78 is 0.941. The number of carbonyl (C=O) groups excluding carboxylic acids is 1. The number of aromatic nitrogens is 2. The average Bonchev–Trinajstić information content (AvgIpc) is 2.77. The van der Waals surface area contributed by atoms with Gasteiger partial charge in [0.1, 0.15) is 5.82 Å². The molecular formula is C26H23BrClN3O2S. The molecule has 2 N–H and O–H groups in total. The second-order valence-corrected chi connectivity index (χ2v) is 11.8. The Balaban J connectivity index is 1.57. The summed E-state index contributed by atoms with van der Waals surface area (Å²) in [5.74, 6) is 0.807. The number of hydrogen-bond acceptors (Lipinski definition) is 5. The lowest BCUT2D eigenvalue weighted by molar-refractivity contribution is -0.118. The maximum Gasteiger partial charge on any atom is 0.257 e. The lowest BCUT2D eigenvalue weighted by atomic mass is 9.69. The maximum absolute atomic E-state index is 13.4. The molecular weight excluding hydrogens is 534 g/mol. The number of allylic oxidation sites excluding steroid dienone is 2. The van der Waals surface area contributed by atoms with Crippen LogP contribution in [0.2, 0.25) is 5.02 Å². The monoisotopic (exact) mass is 555 g/mol. The molecule has 2 aromatic carbocycles. The van der Waals surface area contributed by atoms with Gasteiger partial charge in [0, 0.05) is 38.9 Å². The molecule has 0 spiro atoms. The third kappa shape index (κ3) is 4.61. The largest absolute Gasteiger partial charge is 0.343 e. The maximum atomic E-state index is 13.4. The van der Waals surface area contributed by atoms with E-state index in [0.717, 1.165) is 27.7 Å². The van der Waals surface area contributed by atoms with E-state index in [0.29, 0.717) is 39.3 Å². The normalized spacial score (nSPS) is 18.8. The highest BCUT2D eigenvalue weighted by Gasteiger charge is 2.42. The van der Waals surface area contributed by atoms with Crippen molar-refractivity contribution in [1.82, 2.24) is 9.97 Å². The van der Waals surface area contributed by atoms with Gasteiger partial charge in [-0.15, -0.1) is 0 Å². The average molecular weight is 557 g/mol. The number of anilines is 1. The van der Waals surface area contributed by atoms with Gasteiger partial charge in [0.25, 0.3) is 5.56 Å². The van der Waals surface area contributed by atoms with Crippen LogP contribution >= 0.6 is 39.3 Å². The standard InChI is InChI=1S/C26H23BrClN3O2S/c1-26(2)11-18-21(19(32)12-26)20(15-5-7-16(27)8-6-15)22-23(29-18)30-25(31-24(22)33)34-13-14-3-9-17(28)10-4-14/h3-10,20H,11-13H2,1-2H3,(H2,29,30,31,33). The van der Waals surface area contributed by atoms with Crippen LogP contribution in [-0.2, 0) is 10.5 Å². The van der Waals surface area contributed by atoms with Crippen LogP contribution in [0.25, 0.3) is 0 Å². The molecule has 1 atom stereocenters. The number of carbonyl (C=O) groups is 1. The predicted molar refractivity (Wildman–Crippen MR) is 141 cm³/mol. The van der Waals surface area contributed by atoms with Crippen molar-refractivity contribution in [2.75, 3.05) is 5.32 Å². The number of hydrogen-bond donors (Lipinski definition) is 2. The number of thioether (sulfide) groups is 1. The Morgan fingerprint density at radius 3 is 2.50 bits per heavy atom. The Labute approximate surface area is 215 Å². The highest BCUT2D eigenvalue weighted by molar-refractivity contribution is 9.10. The van der Waals surface area contributed by atoms with Gasteiger partial charge < -0.3 is 10.3 Å². The van der Waals surface area contributed by atoms with Crippen molar-refractivity contribution in [3.05, 3.63) is 96.3 Å². The van der Waals surface area contributed by atoms with E-state index in [1.54, 1.807) is 0 Å². The van der Waals surface area contributed by atoms with Gasteiger partial charge in [-0.2, -0.15) is 0 Å². The molecule has 5 nitrogen and oxygen atoms in total. The zero-order valence-corrected chi connectivity index (χ0v) is 21.9. The van der Waals surface area contributed by atoms with Crippen molar-refractivity contribution >= 4 is 50.9 Å². The summed E-state index contributed by atoms with van der Waals surface area (Å²) in [4.78, 5) is 34.4. The topological polar surface area (TPSA) is 74.8 Å². The van der Waals surface area contributed by atoms with E-state index in [4.69, 9.17) is 16.6 Å². The van der Waals surface area contributed by atoms with E-state index >= 15 is 0 Å². The molecule has 0 fully saturated rings. The molecule has 3 aromatic rings. The van der Waals surface area contributed by atoms with Crippen LogP contribution < -0.4 is 10.9 Å².